The van der Waals surface area contributed by atoms with Crippen molar-refractivity contribution in [2.24, 2.45) is 5.92 Å². The van der Waals surface area contributed by atoms with E-state index in [1.165, 1.54) is 34.7 Å². The molecule has 1 aliphatic carbocycles. The van der Waals surface area contributed by atoms with Gasteiger partial charge in [-0.1, -0.05) is 6.92 Å². The topological polar surface area (TPSA) is 118 Å². The Hall–Kier alpha value is -4.28. The maximum atomic E-state index is 14.5. The fraction of sp³-hybridized carbons (Fsp3) is 0.261. The smallest absolute Gasteiger partial charge is 0.278 e. The monoisotopic (exact) mass is 463 g/mol. The molecule has 0 unspecified atom stereocenters. The fourth-order valence-electron chi connectivity index (χ4n) is 3.42. The molecule has 0 aliphatic heterocycles. The van der Waals surface area contributed by atoms with Gasteiger partial charge < -0.3 is 15.0 Å². The second-order valence-electron chi connectivity index (χ2n) is 8.08. The molecule has 5 rings (SSSR count). The summed E-state index contributed by atoms with van der Waals surface area (Å²) in [6.45, 7) is 1.94. The summed E-state index contributed by atoms with van der Waals surface area (Å²) in [6, 6.07) is 9.03. The fourth-order valence-corrected chi connectivity index (χ4v) is 3.42. The van der Waals surface area contributed by atoms with Crippen molar-refractivity contribution in [3.63, 3.8) is 0 Å². The SMILES string of the molecule is CCc1cc(C(=O)N(C)c2cc(Oc3ccc4nc(NC(=O)C5CC5)cn4n3)ccc2F)n[nH]1. The highest BCUT2D eigenvalue weighted by Gasteiger charge is 2.30. The van der Waals surface area contributed by atoms with Gasteiger partial charge in [0.15, 0.2) is 17.2 Å². The van der Waals surface area contributed by atoms with Crippen LogP contribution in [0.3, 0.4) is 0 Å². The Balaban J connectivity index is 1.34. The number of anilines is 2. The van der Waals surface area contributed by atoms with Gasteiger partial charge in [0.1, 0.15) is 11.6 Å². The lowest BCUT2D eigenvalue weighted by Crippen LogP contribution is -2.27. The van der Waals surface area contributed by atoms with Crippen LogP contribution in [0, 0.1) is 11.7 Å². The van der Waals surface area contributed by atoms with E-state index < -0.39 is 11.7 Å². The Morgan fingerprint density at radius 3 is 2.82 bits per heavy atom. The number of amides is 2. The first kappa shape index (κ1) is 21.6. The number of benzene rings is 1. The van der Waals surface area contributed by atoms with Crippen LogP contribution < -0.4 is 15.0 Å². The van der Waals surface area contributed by atoms with Crippen LogP contribution in [0.4, 0.5) is 15.9 Å². The van der Waals surface area contributed by atoms with Crippen molar-refractivity contribution >= 4 is 29.0 Å². The molecule has 3 heterocycles. The molecule has 10 nitrogen and oxygen atoms in total. The summed E-state index contributed by atoms with van der Waals surface area (Å²) in [6.07, 6.45) is 4.10. The van der Waals surface area contributed by atoms with Gasteiger partial charge in [-0.25, -0.2) is 13.9 Å². The molecule has 2 N–H and O–H groups in total. The number of aromatic nitrogens is 5. The summed E-state index contributed by atoms with van der Waals surface area (Å²) >= 11 is 0. The summed E-state index contributed by atoms with van der Waals surface area (Å²) < 4.78 is 21.8. The standard InChI is InChI=1S/C23H22FN7O3/c1-3-14-10-17(28-27-14)23(33)30(2)18-11-15(6-7-16(18)24)34-21-9-8-20-25-19(12-31(20)29-21)26-22(32)13-4-5-13/h6-13H,3-5H2,1-2H3,(H,26,32)(H,27,28). The third kappa shape index (κ3) is 4.32. The van der Waals surface area contributed by atoms with Gasteiger partial charge in [0.25, 0.3) is 5.91 Å². The first-order valence-electron chi connectivity index (χ1n) is 10.9. The van der Waals surface area contributed by atoms with Crippen molar-refractivity contribution in [3.05, 3.63) is 59.8 Å². The number of carbonyl (C=O) groups excluding carboxylic acids is 2. The van der Waals surface area contributed by atoms with Gasteiger partial charge in [0, 0.05) is 30.8 Å². The van der Waals surface area contributed by atoms with Gasteiger partial charge in [-0.05, 0) is 43.5 Å². The highest BCUT2D eigenvalue weighted by atomic mass is 19.1. The molecule has 0 saturated heterocycles. The molecule has 34 heavy (non-hydrogen) atoms. The van der Waals surface area contributed by atoms with E-state index in [1.54, 1.807) is 24.4 Å². The molecule has 0 spiro atoms. The molecule has 11 heteroatoms. The zero-order valence-corrected chi connectivity index (χ0v) is 18.6. The van der Waals surface area contributed by atoms with Crippen LogP contribution in [0.1, 0.15) is 35.9 Å². The van der Waals surface area contributed by atoms with Crippen LogP contribution >= 0.6 is 0 Å². The predicted octanol–water partition coefficient (Wildman–Crippen LogP) is 3.57. The quantitative estimate of drug-likeness (QED) is 0.433. The Kier molecular flexibility index (Phi) is 5.44. The van der Waals surface area contributed by atoms with Crippen LogP contribution in [-0.4, -0.2) is 43.7 Å². The third-order valence-corrected chi connectivity index (χ3v) is 5.53. The number of rotatable bonds is 7. The zero-order valence-electron chi connectivity index (χ0n) is 18.6. The molecule has 1 fully saturated rings. The number of aryl methyl sites for hydroxylation is 1. The summed E-state index contributed by atoms with van der Waals surface area (Å²) in [5.74, 6) is -0.0724. The van der Waals surface area contributed by atoms with Gasteiger partial charge in [-0.2, -0.15) is 5.10 Å². The number of halogens is 1. The van der Waals surface area contributed by atoms with E-state index in [-0.39, 0.29) is 29.1 Å². The predicted molar refractivity (Wildman–Crippen MR) is 122 cm³/mol. The minimum absolute atomic E-state index is 0.0392. The normalized spacial score (nSPS) is 13.1. The molecule has 0 bridgehead atoms. The van der Waals surface area contributed by atoms with Crippen molar-refractivity contribution in [2.75, 3.05) is 17.3 Å². The summed E-state index contributed by atoms with van der Waals surface area (Å²) in [5.41, 5.74) is 1.58. The molecule has 2 amide bonds. The molecule has 0 atom stereocenters. The first-order valence-corrected chi connectivity index (χ1v) is 10.9. The van der Waals surface area contributed by atoms with Gasteiger partial charge in [-0.15, -0.1) is 5.10 Å². The Morgan fingerprint density at radius 2 is 2.09 bits per heavy atom. The number of carbonyl (C=O) groups is 2. The maximum Gasteiger partial charge on any atom is 0.278 e. The Bertz CT molecular complexity index is 1390. The molecule has 174 valence electrons. The van der Waals surface area contributed by atoms with Crippen molar-refractivity contribution in [2.45, 2.75) is 26.2 Å². The van der Waals surface area contributed by atoms with Crippen LogP contribution in [0.15, 0.2) is 42.6 Å². The summed E-state index contributed by atoms with van der Waals surface area (Å²) in [5, 5.41) is 13.9. The van der Waals surface area contributed by atoms with Crippen LogP contribution in [-0.2, 0) is 11.2 Å². The van der Waals surface area contributed by atoms with Gasteiger partial charge in [0.05, 0.1) is 11.9 Å². The molecule has 3 aromatic heterocycles. The largest absolute Gasteiger partial charge is 0.438 e. The van der Waals surface area contributed by atoms with E-state index in [9.17, 15) is 14.0 Å². The number of fused-ring (bicyclic) bond motifs is 1. The van der Waals surface area contributed by atoms with Crippen molar-refractivity contribution in [3.8, 4) is 11.6 Å². The molecule has 1 aromatic carbocycles. The number of imidazole rings is 1. The van der Waals surface area contributed by atoms with Crippen molar-refractivity contribution in [1.82, 2.24) is 24.8 Å². The minimum Gasteiger partial charge on any atom is -0.438 e. The molecular weight excluding hydrogens is 441 g/mol. The number of aromatic amines is 1. The van der Waals surface area contributed by atoms with Crippen molar-refractivity contribution < 1.29 is 18.7 Å². The lowest BCUT2D eigenvalue weighted by molar-refractivity contribution is -0.117. The van der Waals surface area contributed by atoms with Gasteiger partial charge in [-0.3, -0.25) is 14.7 Å². The highest BCUT2D eigenvalue weighted by Crippen LogP contribution is 2.30. The average Bonchev–Trinajstić information content (AvgIpc) is 3.45. The van der Waals surface area contributed by atoms with Crippen LogP contribution in [0.25, 0.3) is 5.65 Å². The first-order chi connectivity index (χ1) is 16.4. The van der Waals surface area contributed by atoms with E-state index in [1.807, 2.05) is 6.92 Å². The number of hydrogen-bond acceptors (Lipinski definition) is 6. The number of ether oxygens (including phenoxy) is 1. The van der Waals surface area contributed by atoms with E-state index >= 15 is 0 Å². The van der Waals surface area contributed by atoms with Crippen LogP contribution in [0.5, 0.6) is 11.6 Å². The molecule has 0 radical (unpaired) electrons. The molecular formula is C23H22FN7O3. The minimum atomic E-state index is -0.580. The van der Waals surface area contributed by atoms with Crippen LogP contribution in [0.2, 0.25) is 0 Å². The van der Waals surface area contributed by atoms with Gasteiger partial charge >= 0.3 is 0 Å². The summed E-state index contributed by atoms with van der Waals surface area (Å²) in [7, 11) is 1.47. The lowest BCUT2D eigenvalue weighted by atomic mass is 10.2. The third-order valence-electron chi connectivity index (χ3n) is 5.53. The highest BCUT2D eigenvalue weighted by molar-refractivity contribution is 6.04. The number of nitrogens with one attached hydrogen (secondary N) is 2. The lowest BCUT2D eigenvalue weighted by Gasteiger charge is -2.17. The molecule has 1 aliphatic rings. The van der Waals surface area contributed by atoms with Crippen molar-refractivity contribution in [1.29, 1.82) is 0 Å². The second kappa shape index (κ2) is 8.58. The van der Waals surface area contributed by atoms with E-state index in [0.29, 0.717) is 23.6 Å². The Morgan fingerprint density at radius 1 is 1.26 bits per heavy atom. The molecule has 4 aromatic rings. The zero-order chi connectivity index (χ0) is 23.8. The molecule has 1 saturated carbocycles. The number of nitrogens with zero attached hydrogens (tertiary/aromatic N) is 5. The average molecular weight is 463 g/mol. The van der Waals surface area contributed by atoms with E-state index in [4.69, 9.17) is 4.74 Å². The van der Waals surface area contributed by atoms with Gasteiger partial charge in [0.2, 0.25) is 11.8 Å². The van der Waals surface area contributed by atoms with E-state index in [2.05, 4.69) is 25.6 Å². The van der Waals surface area contributed by atoms with E-state index in [0.717, 1.165) is 18.5 Å². The number of H-pyrrole nitrogens is 1. The second-order valence-corrected chi connectivity index (χ2v) is 8.08. The maximum absolute atomic E-state index is 14.5. The number of hydrogen-bond donors (Lipinski definition) is 2. The summed E-state index contributed by atoms with van der Waals surface area (Å²) in [4.78, 5) is 30.2. The Labute approximate surface area is 193 Å².